The van der Waals surface area contributed by atoms with Crippen LogP contribution in [0, 0.1) is 13.8 Å². The van der Waals surface area contributed by atoms with E-state index in [2.05, 4.69) is 15.2 Å². The van der Waals surface area contributed by atoms with Gasteiger partial charge >= 0.3 is 0 Å². The molecule has 0 radical (unpaired) electrons. The van der Waals surface area contributed by atoms with Gasteiger partial charge in [-0.2, -0.15) is 10.1 Å². The fourth-order valence-corrected chi connectivity index (χ4v) is 4.09. The highest BCUT2D eigenvalue weighted by Gasteiger charge is 2.35. The van der Waals surface area contributed by atoms with E-state index in [1.807, 2.05) is 49.3 Å². The number of rotatable bonds is 3. The number of likely N-dealkylation sites (tertiary alicyclic amines) is 1. The largest absolute Gasteiger partial charge is 0.337 e. The number of benzene rings is 1. The minimum atomic E-state index is -0.200. The minimum Gasteiger partial charge on any atom is -0.337 e. The van der Waals surface area contributed by atoms with Crippen LogP contribution in [0.2, 0.25) is 0 Å². The van der Waals surface area contributed by atoms with Crippen molar-refractivity contribution in [3.05, 3.63) is 59.5 Å². The highest BCUT2D eigenvalue weighted by Crippen LogP contribution is 2.34. The van der Waals surface area contributed by atoms with E-state index >= 15 is 0 Å². The summed E-state index contributed by atoms with van der Waals surface area (Å²) in [4.78, 5) is 24.7. The first-order chi connectivity index (χ1) is 14.5. The summed E-state index contributed by atoms with van der Waals surface area (Å²) in [6.45, 7) is 4.46. The van der Waals surface area contributed by atoms with Crippen molar-refractivity contribution in [2.75, 3.05) is 6.54 Å². The Morgan fingerprint density at radius 2 is 2.07 bits per heavy atom. The van der Waals surface area contributed by atoms with Crippen molar-refractivity contribution < 1.29 is 9.32 Å². The lowest BCUT2D eigenvalue weighted by Gasteiger charge is -2.23. The minimum absolute atomic E-state index is 0.0465. The van der Waals surface area contributed by atoms with Gasteiger partial charge in [-0.15, -0.1) is 0 Å². The van der Waals surface area contributed by atoms with Crippen LogP contribution in [0.15, 0.2) is 41.2 Å². The summed E-state index contributed by atoms with van der Waals surface area (Å²) in [6.07, 6.45) is 5.37. The molecule has 0 N–H and O–H groups in total. The van der Waals surface area contributed by atoms with Gasteiger partial charge in [0, 0.05) is 30.7 Å². The molecule has 0 saturated carbocycles. The first kappa shape index (κ1) is 18.5. The Bertz CT molecular complexity index is 1260. The van der Waals surface area contributed by atoms with Gasteiger partial charge in [0.25, 0.3) is 5.91 Å². The van der Waals surface area contributed by atoms with Crippen molar-refractivity contribution in [3.8, 4) is 11.3 Å². The Kier molecular flexibility index (Phi) is 4.34. The number of carbonyl (C=O) groups is 1. The summed E-state index contributed by atoms with van der Waals surface area (Å²) in [6, 6.07) is 7.65. The van der Waals surface area contributed by atoms with Crippen LogP contribution < -0.4 is 0 Å². The molecule has 8 nitrogen and oxygen atoms in total. The molecule has 8 heteroatoms. The molecule has 0 aliphatic carbocycles. The maximum atomic E-state index is 13.7. The molecule has 1 aromatic carbocycles. The van der Waals surface area contributed by atoms with E-state index in [0.29, 0.717) is 23.8 Å². The van der Waals surface area contributed by atoms with E-state index in [9.17, 15) is 4.79 Å². The lowest BCUT2D eigenvalue weighted by Crippen LogP contribution is -2.31. The summed E-state index contributed by atoms with van der Waals surface area (Å²) >= 11 is 0. The van der Waals surface area contributed by atoms with Crippen molar-refractivity contribution in [1.82, 2.24) is 29.8 Å². The number of aryl methyl sites for hydroxylation is 3. The predicted molar refractivity (Wildman–Crippen MR) is 111 cm³/mol. The van der Waals surface area contributed by atoms with Crippen LogP contribution in [0.5, 0.6) is 0 Å². The molecule has 0 spiro atoms. The average Bonchev–Trinajstić information content (AvgIpc) is 3.46. The second-order valence-corrected chi connectivity index (χ2v) is 7.81. The molecule has 1 saturated heterocycles. The van der Waals surface area contributed by atoms with Crippen LogP contribution in [-0.4, -0.2) is 42.3 Å². The molecule has 30 heavy (non-hydrogen) atoms. The van der Waals surface area contributed by atoms with Gasteiger partial charge in [0.1, 0.15) is 6.04 Å². The summed E-state index contributed by atoms with van der Waals surface area (Å²) < 4.78 is 7.11. The monoisotopic (exact) mass is 402 g/mol. The molecular formula is C22H22N6O2. The van der Waals surface area contributed by atoms with E-state index in [4.69, 9.17) is 9.51 Å². The second-order valence-electron chi connectivity index (χ2n) is 7.81. The third-order valence-electron chi connectivity index (χ3n) is 5.54. The molecule has 4 aromatic rings. The first-order valence-electron chi connectivity index (χ1n) is 10.0. The Hall–Kier alpha value is -3.55. The van der Waals surface area contributed by atoms with Gasteiger partial charge in [-0.1, -0.05) is 17.3 Å². The van der Waals surface area contributed by atoms with E-state index < -0.39 is 0 Å². The number of amides is 1. The Labute approximate surface area is 173 Å². The summed E-state index contributed by atoms with van der Waals surface area (Å²) in [5.41, 5.74) is 4.12. The highest BCUT2D eigenvalue weighted by atomic mass is 16.5. The van der Waals surface area contributed by atoms with Gasteiger partial charge in [-0.3, -0.25) is 9.48 Å². The van der Waals surface area contributed by atoms with Gasteiger partial charge in [-0.25, -0.2) is 4.98 Å². The number of carbonyl (C=O) groups excluding carboxylic acids is 1. The van der Waals surface area contributed by atoms with Crippen molar-refractivity contribution in [2.24, 2.45) is 7.05 Å². The number of hydrogen-bond donors (Lipinski definition) is 0. The van der Waals surface area contributed by atoms with Gasteiger partial charge in [0.2, 0.25) is 5.89 Å². The van der Waals surface area contributed by atoms with Crippen LogP contribution in [0.4, 0.5) is 0 Å². The topological polar surface area (TPSA) is 89.9 Å². The predicted octanol–water partition coefficient (Wildman–Crippen LogP) is 3.61. The zero-order chi connectivity index (χ0) is 20.8. The Balaban J connectivity index is 1.62. The molecule has 1 aliphatic heterocycles. The third kappa shape index (κ3) is 3.14. The molecule has 1 fully saturated rings. The molecule has 1 aliphatic rings. The fourth-order valence-electron chi connectivity index (χ4n) is 4.09. The number of nitrogens with zero attached hydrogens (tertiary/aromatic N) is 6. The van der Waals surface area contributed by atoms with E-state index in [-0.39, 0.29) is 11.9 Å². The fraction of sp³-hybridized carbons (Fsp3) is 0.318. The molecule has 1 amide bonds. The zero-order valence-electron chi connectivity index (χ0n) is 17.2. The van der Waals surface area contributed by atoms with Crippen LogP contribution >= 0.6 is 0 Å². The highest BCUT2D eigenvalue weighted by molar-refractivity contribution is 6.07. The van der Waals surface area contributed by atoms with Crippen molar-refractivity contribution in [3.63, 3.8) is 0 Å². The molecule has 5 rings (SSSR count). The maximum absolute atomic E-state index is 13.7. The standard InChI is InChI=1S/C22H22N6O2/c1-13-6-7-16-17(10-18(25-19(16)9-13)15-11-23-27(3)12-15)22(29)28-8-4-5-20(28)21-24-14(2)26-30-21/h6-7,9-12,20H,4-5,8H2,1-3H3/t20-/m1/s1. The summed E-state index contributed by atoms with van der Waals surface area (Å²) in [5.74, 6) is 1.03. The zero-order valence-corrected chi connectivity index (χ0v) is 17.2. The molecule has 3 aromatic heterocycles. The van der Waals surface area contributed by atoms with Gasteiger partial charge in [-0.05, 0) is 44.4 Å². The van der Waals surface area contributed by atoms with E-state index in [1.165, 1.54) is 0 Å². The Morgan fingerprint density at radius 1 is 1.20 bits per heavy atom. The van der Waals surface area contributed by atoms with Gasteiger partial charge in [0.05, 0.1) is 23.0 Å². The normalized spacial score (nSPS) is 16.5. The van der Waals surface area contributed by atoms with Crippen LogP contribution in [-0.2, 0) is 7.05 Å². The molecule has 0 unspecified atom stereocenters. The molecule has 152 valence electrons. The number of hydrogen-bond acceptors (Lipinski definition) is 6. The number of pyridine rings is 1. The summed E-state index contributed by atoms with van der Waals surface area (Å²) in [5, 5.41) is 8.99. The van der Waals surface area contributed by atoms with Crippen molar-refractivity contribution in [2.45, 2.75) is 32.7 Å². The third-order valence-corrected chi connectivity index (χ3v) is 5.54. The average molecular weight is 402 g/mol. The molecule has 1 atom stereocenters. The molecule has 0 bridgehead atoms. The summed E-state index contributed by atoms with van der Waals surface area (Å²) in [7, 11) is 1.86. The first-order valence-corrected chi connectivity index (χ1v) is 10.0. The lowest BCUT2D eigenvalue weighted by molar-refractivity contribution is 0.0712. The second kappa shape index (κ2) is 7.05. The Morgan fingerprint density at radius 3 is 2.80 bits per heavy atom. The quantitative estimate of drug-likeness (QED) is 0.520. The number of aromatic nitrogens is 5. The maximum Gasteiger partial charge on any atom is 0.255 e. The molecular weight excluding hydrogens is 380 g/mol. The van der Waals surface area contributed by atoms with Gasteiger partial charge in [0.15, 0.2) is 5.82 Å². The SMILES string of the molecule is Cc1ccc2c(C(=O)N3CCC[C@@H]3c3nc(C)no3)cc(-c3cnn(C)c3)nc2c1. The van der Waals surface area contributed by atoms with Crippen LogP contribution in [0.25, 0.3) is 22.2 Å². The van der Waals surface area contributed by atoms with Crippen molar-refractivity contribution >= 4 is 16.8 Å². The number of fused-ring (bicyclic) bond motifs is 1. The molecule has 4 heterocycles. The van der Waals surface area contributed by atoms with Crippen LogP contribution in [0.3, 0.4) is 0 Å². The van der Waals surface area contributed by atoms with E-state index in [1.54, 1.807) is 17.8 Å². The van der Waals surface area contributed by atoms with Crippen molar-refractivity contribution in [1.29, 1.82) is 0 Å². The van der Waals surface area contributed by atoms with Crippen LogP contribution in [0.1, 0.15) is 46.5 Å². The van der Waals surface area contributed by atoms with Gasteiger partial charge < -0.3 is 9.42 Å². The smallest absolute Gasteiger partial charge is 0.255 e. The lowest BCUT2D eigenvalue weighted by atomic mass is 10.0. The van der Waals surface area contributed by atoms with E-state index in [0.717, 1.165) is 40.6 Å².